The molecule has 0 aliphatic carbocycles. The van der Waals surface area contributed by atoms with Gasteiger partial charge in [0, 0.05) is 31.4 Å². The number of carbonyl (C=O) groups is 2. The lowest BCUT2D eigenvalue weighted by Crippen LogP contribution is -2.33. The third-order valence-corrected chi connectivity index (χ3v) is 2.18. The molecule has 1 amide bonds. The molecule has 2 N–H and O–H groups in total. The van der Waals surface area contributed by atoms with Crippen molar-refractivity contribution in [2.24, 2.45) is 0 Å². The first-order valence-corrected chi connectivity index (χ1v) is 4.98. The van der Waals surface area contributed by atoms with Crippen molar-refractivity contribution in [3.8, 4) is 0 Å². The van der Waals surface area contributed by atoms with Crippen LogP contribution in [0.3, 0.4) is 0 Å². The van der Waals surface area contributed by atoms with E-state index in [-0.39, 0.29) is 11.9 Å². The Morgan fingerprint density at radius 2 is 2.07 bits per heavy atom. The van der Waals surface area contributed by atoms with Crippen molar-refractivity contribution in [3.05, 3.63) is 12.2 Å². The summed E-state index contributed by atoms with van der Waals surface area (Å²) >= 11 is 0. The maximum absolute atomic E-state index is 11.2. The zero-order chi connectivity index (χ0) is 11.1. The molecule has 5 heteroatoms. The maximum atomic E-state index is 11.2. The highest BCUT2D eigenvalue weighted by Gasteiger charge is 2.13. The summed E-state index contributed by atoms with van der Waals surface area (Å²) in [6.45, 7) is 1.38. The van der Waals surface area contributed by atoms with Gasteiger partial charge in [-0.05, 0) is 19.3 Å². The molecule has 15 heavy (non-hydrogen) atoms. The summed E-state index contributed by atoms with van der Waals surface area (Å²) in [6.07, 6.45) is 4.46. The van der Waals surface area contributed by atoms with E-state index in [1.165, 1.54) is 0 Å². The van der Waals surface area contributed by atoms with E-state index in [4.69, 9.17) is 9.84 Å². The van der Waals surface area contributed by atoms with Crippen LogP contribution in [0.1, 0.15) is 19.3 Å². The molecular formula is C10H15NO4. The van der Waals surface area contributed by atoms with E-state index in [0.717, 1.165) is 38.0 Å². The topological polar surface area (TPSA) is 75.6 Å². The molecule has 1 unspecified atom stereocenters. The third-order valence-electron chi connectivity index (χ3n) is 2.18. The normalized spacial score (nSPS) is 22.3. The van der Waals surface area contributed by atoms with Crippen molar-refractivity contribution in [3.63, 3.8) is 0 Å². The van der Waals surface area contributed by atoms with Gasteiger partial charge in [-0.1, -0.05) is 0 Å². The van der Waals surface area contributed by atoms with Crippen LogP contribution in [-0.2, 0) is 14.3 Å². The molecule has 84 valence electrons. The Labute approximate surface area is 88.1 Å². The summed E-state index contributed by atoms with van der Waals surface area (Å²) in [5.74, 6) is -1.47. The second kappa shape index (κ2) is 6.19. The highest BCUT2D eigenvalue weighted by Crippen LogP contribution is 2.07. The SMILES string of the molecule is O=C(O)/C=C\C(=O)NC1CCCOCC1. The molecule has 1 aliphatic rings. The summed E-state index contributed by atoms with van der Waals surface area (Å²) in [4.78, 5) is 21.4. The molecule has 0 aromatic carbocycles. The quantitative estimate of drug-likeness (QED) is 0.662. The average Bonchev–Trinajstić information content (AvgIpc) is 2.43. The summed E-state index contributed by atoms with van der Waals surface area (Å²) < 4.78 is 5.24. The van der Waals surface area contributed by atoms with Gasteiger partial charge in [-0.2, -0.15) is 0 Å². The number of aliphatic carboxylic acids is 1. The number of hydrogen-bond donors (Lipinski definition) is 2. The Hall–Kier alpha value is -1.36. The van der Waals surface area contributed by atoms with E-state index in [1.807, 2.05) is 0 Å². The first-order valence-electron chi connectivity index (χ1n) is 4.98. The first-order chi connectivity index (χ1) is 7.18. The second-order valence-electron chi connectivity index (χ2n) is 3.42. The smallest absolute Gasteiger partial charge is 0.328 e. The third kappa shape index (κ3) is 5.17. The fourth-order valence-electron chi connectivity index (χ4n) is 1.44. The molecule has 0 aromatic heterocycles. The van der Waals surface area contributed by atoms with Crippen LogP contribution in [-0.4, -0.2) is 36.2 Å². The molecule has 0 spiro atoms. The minimum atomic E-state index is -1.12. The van der Waals surface area contributed by atoms with Crippen LogP contribution in [0.15, 0.2) is 12.2 Å². The van der Waals surface area contributed by atoms with Crippen LogP contribution in [0.2, 0.25) is 0 Å². The average molecular weight is 213 g/mol. The van der Waals surface area contributed by atoms with Gasteiger partial charge in [-0.25, -0.2) is 4.79 Å². The Morgan fingerprint density at radius 3 is 2.80 bits per heavy atom. The number of amides is 1. The number of hydrogen-bond acceptors (Lipinski definition) is 3. The van der Waals surface area contributed by atoms with Gasteiger partial charge in [-0.15, -0.1) is 0 Å². The second-order valence-corrected chi connectivity index (χ2v) is 3.42. The minimum absolute atomic E-state index is 0.0958. The molecule has 1 aliphatic heterocycles. The van der Waals surface area contributed by atoms with Gasteiger partial charge >= 0.3 is 5.97 Å². The molecule has 0 aromatic rings. The molecule has 1 rings (SSSR count). The molecule has 1 fully saturated rings. The van der Waals surface area contributed by atoms with Crippen molar-refractivity contribution < 1.29 is 19.4 Å². The first kappa shape index (κ1) is 11.7. The van der Waals surface area contributed by atoms with E-state index in [2.05, 4.69) is 5.32 Å². The number of rotatable bonds is 3. The van der Waals surface area contributed by atoms with Crippen molar-refractivity contribution in [1.82, 2.24) is 5.32 Å². The van der Waals surface area contributed by atoms with Gasteiger partial charge in [0.05, 0.1) is 0 Å². The van der Waals surface area contributed by atoms with Gasteiger partial charge in [0.15, 0.2) is 0 Å². The number of carboxylic acid groups (broad SMARTS) is 1. The van der Waals surface area contributed by atoms with Crippen molar-refractivity contribution >= 4 is 11.9 Å². The van der Waals surface area contributed by atoms with E-state index in [1.54, 1.807) is 0 Å². The zero-order valence-electron chi connectivity index (χ0n) is 8.44. The molecule has 0 radical (unpaired) electrons. The van der Waals surface area contributed by atoms with Crippen LogP contribution < -0.4 is 5.32 Å². The molecular weight excluding hydrogens is 198 g/mol. The van der Waals surface area contributed by atoms with Crippen molar-refractivity contribution in [2.45, 2.75) is 25.3 Å². The molecule has 0 saturated carbocycles. The molecule has 0 bridgehead atoms. The van der Waals surface area contributed by atoms with Crippen LogP contribution in [0, 0.1) is 0 Å². The summed E-state index contributed by atoms with van der Waals surface area (Å²) in [6, 6.07) is 0.0958. The number of ether oxygens (including phenoxy) is 1. The van der Waals surface area contributed by atoms with Crippen LogP contribution in [0.5, 0.6) is 0 Å². The lowest BCUT2D eigenvalue weighted by molar-refractivity contribution is -0.131. The fourth-order valence-corrected chi connectivity index (χ4v) is 1.44. The lowest BCUT2D eigenvalue weighted by Gasteiger charge is -2.13. The van der Waals surface area contributed by atoms with E-state index >= 15 is 0 Å². The summed E-state index contributed by atoms with van der Waals surface area (Å²) in [5, 5.41) is 11.1. The van der Waals surface area contributed by atoms with Gasteiger partial charge in [0.2, 0.25) is 5.91 Å². The van der Waals surface area contributed by atoms with Crippen molar-refractivity contribution in [2.75, 3.05) is 13.2 Å². The number of nitrogens with one attached hydrogen (secondary N) is 1. The van der Waals surface area contributed by atoms with Gasteiger partial charge in [0.25, 0.3) is 0 Å². The summed E-state index contributed by atoms with van der Waals surface area (Å²) in [7, 11) is 0. The van der Waals surface area contributed by atoms with Crippen LogP contribution in [0.4, 0.5) is 0 Å². The van der Waals surface area contributed by atoms with E-state index in [9.17, 15) is 9.59 Å². The molecule has 5 nitrogen and oxygen atoms in total. The minimum Gasteiger partial charge on any atom is -0.478 e. The zero-order valence-corrected chi connectivity index (χ0v) is 8.44. The standard InChI is InChI=1S/C10H15NO4/c12-9(3-4-10(13)14)11-8-2-1-6-15-7-5-8/h3-4,8H,1-2,5-7H2,(H,11,12)(H,13,14)/b4-3-. The van der Waals surface area contributed by atoms with Gasteiger partial charge < -0.3 is 15.2 Å². The molecule has 1 heterocycles. The highest BCUT2D eigenvalue weighted by molar-refractivity contribution is 5.93. The maximum Gasteiger partial charge on any atom is 0.328 e. The molecule has 1 atom stereocenters. The predicted molar refractivity (Wildman–Crippen MR) is 53.4 cm³/mol. The van der Waals surface area contributed by atoms with E-state index < -0.39 is 5.97 Å². The predicted octanol–water partition coefficient (Wildman–Crippen LogP) is 0.312. The van der Waals surface area contributed by atoms with E-state index in [0.29, 0.717) is 6.61 Å². The lowest BCUT2D eigenvalue weighted by atomic mass is 10.1. The number of carbonyl (C=O) groups excluding carboxylic acids is 1. The Bertz CT molecular complexity index is 254. The monoisotopic (exact) mass is 213 g/mol. The van der Waals surface area contributed by atoms with Crippen LogP contribution in [0.25, 0.3) is 0 Å². The number of carboxylic acids is 1. The highest BCUT2D eigenvalue weighted by atomic mass is 16.5. The van der Waals surface area contributed by atoms with Crippen molar-refractivity contribution in [1.29, 1.82) is 0 Å². The van der Waals surface area contributed by atoms with Gasteiger partial charge in [-0.3, -0.25) is 4.79 Å². The summed E-state index contributed by atoms with van der Waals surface area (Å²) in [5.41, 5.74) is 0. The fraction of sp³-hybridized carbons (Fsp3) is 0.600. The Morgan fingerprint density at radius 1 is 1.27 bits per heavy atom. The van der Waals surface area contributed by atoms with Gasteiger partial charge in [0.1, 0.15) is 0 Å². The molecule has 1 saturated heterocycles. The Balaban J connectivity index is 2.32. The van der Waals surface area contributed by atoms with Crippen LogP contribution >= 0.6 is 0 Å². The Kier molecular flexibility index (Phi) is 4.83. The largest absolute Gasteiger partial charge is 0.478 e.